The lowest BCUT2D eigenvalue weighted by Crippen LogP contribution is -2.36. The molecule has 2 nitrogen and oxygen atoms in total. The minimum atomic E-state index is -0.168. The molecule has 0 saturated carbocycles. The molecule has 82 valence electrons. The maximum absolute atomic E-state index is 12.0. The van der Waals surface area contributed by atoms with Crippen LogP contribution in [0.4, 0.5) is 0 Å². The molecule has 0 amide bonds. The standard InChI is InChI=1S/C12H23NO/c1-5-8-10(9-6-2)12(14)11(7-3)13-4/h7,10-11,13H,3,5-6,8-9H2,1-2,4H3/t11-/m0/s1. The molecule has 0 aliphatic carbocycles. The van der Waals surface area contributed by atoms with Crippen LogP contribution in [0, 0.1) is 5.92 Å². The monoisotopic (exact) mass is 197 g/mol. The van der Waals surface area contributed by atoms with Crippen LogP contribution < -0.4 is 5.32 Å². The molecule has 1 atom stereocenters. The van der Waals surface area contributed by atoms with Gasteiger partial charge in [-0.25, -0.2) is 0 Å². The van der Waals surface area contributed by atoms with Crippen LogP contribution in [-0.2, 0) is 4.79 Å². The fourth-order valence-electron chi connectivity index (χ4n) is 1.76. The Morgan fingerprint density at radius 2 is 1.86 bits per heavy atom. The maximum atomic E-state index is 12.0. The Morgan fingerprint density at radius 3 is 2.14 bits per heavy atom. The van der Waals surface area contributed by atoms with E-state index in [1.165, 1.54) is 0 Å². The molecular formula is C12H23NO. The van der Waals surface area contributed by atoms with Gasteiger partial charge in [-0.3, -0.25) is 4.79 Å². The average Bonchev–Trinajstić information content (AvgIpc) is 2.19. The third kappa shape index (κ3) is 4.05. The van der Waals surface area contributed by atoms with Gasteiger partial charge in [0.15, 0.2) is 5.78 Å². The van der Waals surface area contributed by atoms with E-state index in [0.717, 1.165) is 25.7 Å². The summed E-state index contributed by atoms with van der Waals surface area (Å²) in [5.74, 6) is 0.506. The Morgan fingerprint density at radius 1 is 1.36 bits per heavy atom. The van der Waals surface area contributed by atoms with Crippen molar-refractivity contribution in [1.82, 2.24) is 5.32 Å². The molecule has 0 aromatic rings. The van der Waals surface area contributed by atoms with Gasteiger partial charge in [0.2, 0.25) is 0 Å². The van der Waals surface area contributed by atoms with E-state index in [1.807, 2.05) is 0 Å². The van der Waals surface area contributed by atoms with Crippen molar-refractivity contribution in [1.29, 1.82) is 0 Å². The second kappa shape index (κ2) is 7.74. The van der Waals surface area contributed by atoms with E-state index in [2.05, 4.69) is 25.7 Å². The highest BCUT2D eigenvalue weighted by atomic mass is 16.1. The van der Waals surface area contributed by atoms with Crippen molar-refractivity contribution in [2.45, 2.75) is 45.6 Å². The van der Waals surface area contributed by atoms with Gasteiger partial charge < -0.3 is 5.32 Å². The summed E-state index contributed by atoms with van der Waals surface area (Å²) >= 11 is 0. The Kier molecular flexibility index (Phi) is 7.40. The zero-order chi connectivity index (χ0) is 11.0. The van der Waals surface area contributed by atoms with Crippen LogP contribution in [-0.4, -0.2) is 18.9 Å². The average molecular weight is 197 g/mol. The number of rotatable bonds is 8. The third-order valence-corrected chi connectivity index (χ3v) is 2.53. The molecule has 0 saturated heterocycles. The summed E-state index contributed by atoms with van der Waals surface area (Å²) in [5, 5.41) is 2.98. The first-order valence-electron chi connectivity index (χ1n) is 5.54. The molecule has 0 fully saturated rings. The van der Waals surface area contributed by atoms with E-state index >= 15 is 0 Å². The van der Waals surface area contributed by atoms with E-state index in [1.54, 1.807) is 13.1 Å². The summed E-state index contributed by atoms with van der Waals surface area (Å²) in [7, 11) is 1.80. The number of carbonyl (C=O) groups is 1. The van der Waals surface area contributed by atoms with E-state index in [0.29, 0.717) is 5.78 Å². The van der Waals surface area contributed by atoms with Crippen molar-refractivity contribution in [2.24, 2.45) is 5.92 Å². The van der Waals surface area contributed by atoms with E-state index < -0.39 is 0 Å². The van der Waals surface area contributed by atoms with Gasteiger partial charge in [-0.2, -0.15) is 0 Å². The number of carbonyl (C=O) groups excluding carboxylic acids is 1. The molecule has 0 spiro atoms. The van der Waals surface area contributed by atoms with Crippen molar-refractivity contribution in [2.75, 3.05) is 7.05 Å². The topological polar surface area (TPSA) is 29.1 Å². The lowest BCUT2D eigenvalue weighted by atomic mass is 9.90. The van der Waals surface area contributed by atoms with Crippen LogP contribution in [0.25, 0.3) is 0 Å². The van der Waals surface area contributed by atoms with E-state index in [9.17, 15) is 4.79 Å². The smallest absolute Gasteiger partial charge is 0.156 e. The predicted octanol–water partition coefficient (Wildman–Crippen LogP) is 2.55. The van der Waals surface area contributed by atoms with Gasteiger partial charge in [0.05, 0.1) is 6.04 Å². The zero-order valence-electron chi connectivity index (χ0n) is 9.68. The molecule has 0 radical (unpaired) electrons. The van der Waals surface area contributed by atoms with Gasteiger partial charge in [0.1, 0.15) is 0 Å². The summed E-state index contributed by atoms with van der Waals surface area (Å²) in [6, 6.07) is -0.168. The quantitative estimate of drug-likeness (QED) is 0.606. The molecular weight excluding hydrogens is 174 g/mol. The number of likely N-dealkylation sites (N-methyl/N-ethyl adjacent to an activating group) is 1. The SMILES string of the molecule is C=C[C@H](NC)C(=O)C(CCC)CCC. The Balaban J connectivity index is 4.31. The molecule has 0 aliphatic rings. The minimum Gasteiger partial charge on any atom is -0.307 e. The molecule has 0 heterocycles. The molecule has 1 N–H and O–H groups in total. The molecule has 0 rings (SSSR count). The summed E-state index contributed by atoms with van der Waals surface area (Å²) < 4.78 is 0. The minimum absolute atomic E-state index is 0.168. The Labute approximate surface area is 87.8 Å². The zero-order valence-corrected chi connectivity index (χ0v) is 9.68. The first-order valence-corrected chi connectivity index (χ1v) is 5.54. The van der Waals surface area contributed by atoms with Crippen LogP contribution in [0.2, 0.25) is 0 Å². The van der Waals surface area contributed by atoms with Gasteiger partial charge in [-0.15, -0.1) is 6.58 Å². The van der Waals surface area contributed by atoms with Gasteiger partial charge in [0, 0.05) is 5.92 Å². The normalized spacial score (nSPS) is 12.9. The van der Waals surface area contributed by atoms with Crippen LogP contribution in [0.1, 0.15) is 39.5 Å². The molecule has 0 unspecified atom stereocenters. The second-order valence-corrected chi connectivity index (χ2v) is 3.68. The summed E-state index contributed by atoms with van der Waals surface area (Å²) in [6.45, 7) is 7.92. The predicted molar refractivity (Wildman–Crippen MR) is 61.4 cm³/mol. The van der Waals surface area contributed by atoms with Crippen LogP contribution in [0.15, 0.2) is 12.7 Å². The summed E-state index contributed by atoms with van der Waals surface area (Å²) in [4.78, 5) is 12.0. The van der Waals surface area contributed by atoms with Gasteiger partial charge in [-0.1, -0.05) is 32.8 Å². The fraction of sp³-hybridized carbons (Fsp3) is 0.750. The molecule has 0 aromatic carbocycles. The maximum Gasteiger partial charge on any atom is 0.156 e. The summed E-state index contributed by atoms with van der Waals surface area (Å²) in [5.41, 5.74) is 0. The lowest BCUT2D eigenvalue weighted by Gasteiger charge is -2.18. The largest absolute Gasteiger partial charge is 0.307 e. The molecule has 2 heteroatoms. The van der Waals surface area contributed by atoms with Crippen molar-refractivity contribution in [3.63, 3.8) is 0 Å². The number of Topliss-reactive ketones (excluding diaryl/α,β-unsaturated/α-hetero) is 1. The Hall–Kier alpha value is -0.630. The van der Waals surface area contributed by atoms with Crippen molar-refractivity contribution in [3.05, 3.63) is 12.7 Å². The number of hydrogen-bond donors (Lipinski definition) is 1. The lowest BCUT2D eigenvalue weighted by molar-refractivity contribution is -0.124. The van der Waals surface area contributed by atoms with E-state index in [-0.39, 0.29) is 12.0 Å². The van der Waals surface area contributed by atoms with Crippen LogP contribution >= 0.6 is 0 Å². The molecule has 0 aromatic heterocycles. The fourth-order valence-corrected chi connectivity index (χ4v) is 1.76. The van der Waals surface area contributed by atoms with E-state index in [4.69, 9.17) is 0 Å². The first-order chi connectivity index (χ1) is 6.71. The highest BCUT2D eigenvalue weighted by Crippen LogP contribution is 2.16. The van der Waals surface area contributed by atoms with Crippen molar-refractivity contribution >= 4 is 5.78 Å². The highest BCUT2D eigenvalue weighted by Gasteiger charge is 2.21. The van der Waals surface area contributed by atoms with Gasteiger partial charge in [-0.05, 0) is 19.9 Å². The van der Waals surface area contributed by atoms with Gasteiger partial charge >= 0.3 is 0 Å². The first kappa shape index (κ1) is 13.4. The van der Waals surface area contributed by atoms with Crippen LogP contribution in [0.3, 0.4) is 0 Å². The van der Waals surface area contributed by atoms with Crippen LogP contribution in [0.5, 0.6) is 0 Å². The summed E-state index contributed by atoms with van der Waals surface area (Å²) in [6.07, 6.45) is 5.84. The number of hydrogen-bond acceptors (Lipinski definition) is 2. The number of nitrogens with one attached hydrogen (secondary N) is 1. The highest BCUT2D eigenvalue weighted by molar-refractivity contribution is 5.87. The Bertz CT molecular complexity index is 171. The van der Waals surface area contributed by atoms with Crippen molar-refractivity contribution in [3.8, 4) is 0 Å². The number of ketones is 1. The third-order valence-electron chi connectivity index (χ3n) is 2.53. The molecule has 14 heavy (non-hydrogen) atoms. The van der Waals surface area contributed by atoms with Gasteiger partial charge in [0.25, 0.3) is 0 Å². The molecule has 0 aliphatic heterocycles. The van der Waals surface area contributed by atoms with Crippen molar-refractivity contribution < 1.29 is 4.79 Å². The molecule has 0 bridgehead atoms. The second-order valence-electron chi connectivity index (χ2n) is 3.68.